The van der Waals surface area contributed by atoms with E-state index < -0.39 is 0 Å². The zero-order valence-electron chi connectivity index (χ0n) is 12.5. The monoisotopic (exact) mass is 283 g/mol. The number of benzene rings is 1. The van der Waals surface area contributed by atoms with Crippen molar-refractivity contribution < 1.29 is 0 Å². The zero-order chi connectivity index (χ0) is 14.8. The Labute approximate surface area is 124 Å². The highest BCUT2D eigenvalue weighted by Crippen LogP contribution is 2.23. The summed E-state index contributed by atoms with van der Waals surface area (Å²) >= 11 is 0. The summed E-state index contributed by atoms with van der Waals surface area (Å²) in [6.45, 7) is 3.14. The molecule has 0 radical (unpaired) electrons. The summed E-state index contributed by atoms with van der Waals surface area (Å²) in [5, 5.41) is 5.73. The van der Waals surface area contributed by atoms with Crippen LogP contribution < -0.4 is 5.73 Å². The van der Waals surface area contributed by atoms with Gasteiger partial charge in [0, 0.05) is 37.8 Å². The number of aryl methyl sites for hydroxylation is 2. The van der Waals surface area contributed by atoms with E-state index in [4.69, 9.17) is 5.73 Å². The summed E-state index contributed by atoms with van der Waals surface area (Å²) in [6.07, 6.45) is 5.65. The van der Waals surface area contributed by atoms with Crippen LogP contribution in [-0.4, -0.2) is 19.3 Å². The quantitative estimate of drug-likeness (QED) is 0.782. The molecule has 0 saturated carbocycles. The van der Waals surface area contributed by atoms with E-state index in [-0.39, 0.29) is 6.04 Å². The third-order valence-corrected chi connectivity index (χ3v) is 3.81. The highest BCUT2D eigenvalue weighted by atomic mass is 15.3. The van der Waals surface area contributed by atoms with E-state index in [1.807, 2.05) is 36.3 Å². The number of nitrogens with zero attached hydrogens (tertiary/aromatic N) is 4. The Bertz CT molecular complexity index is 740. The van der Waals surface area contributed by atoms with Gasteiger partial charge in [0.2, 0.25) is 0 Å². The van der Waals surface area contributed by atoms with Crippen molar-refractivity contribution in [1.82, 2.24) is 19.3 Å². The first-order valence-electron chi connectivity index (χ1n) is 7.38. The van der Waals surface area contributed by atoms with Crippen LogP contribution >= 0.6 is 0 Å². The van der Waals surface area contributed by atoms with Gasteiger partial charge in [0.25, 0.3) is 0 Å². The Morgan fingerprint density at radius 2 is 2.10 bits per heavy atom. The molecule has 1 atom stereocenters. The molecule has 0 fully saturated rings. The van der Waals surface area contributed by atoms with Crippen LogP contribution in [0.5, 0.6) is 0 Å². The van der Waals surface area contributed by atoms with Crippen molar-refractivity contribution in [3.63, 3.8) is 0 Å². The lowest BCUT2D eigenvalue weighted by atomic mass is 10.1. The SMILES string of the molecule is CCCn1ccnc1CC(N)c1nn(C)c2ccccc12. The van der Waals surface area contributed by atoms with E-state index in [9.17, 15) is 0 Å². The van der Waals surface area contributed by atoms with Crippen molar-refractivity contribution in [2.75, 3.05) is 0 Å². The highest BCUT2D eigenvalue weighted by molar-refractivity contribution is 5.82. The Kier molecular flexibility index (Phi) is 3.75. The van der Waals surface area contributed by atoms with Crippen LogP contribution in [0.2, 0.25) is 0 Å². The fraction of sp³-hybridized carbons (Fsp3) is 0.375. The van der Waals surface area contributed by atoms with Gasteiger partial charge < -0.3 is 10.3 Å². The second kappa shape index (κ2) is 5.69. The lowest BCUT2D eigenvalue weighted by molar-refractivity contribution is 0.587. The minimum Gasteiger partial charge on any atom is -0.335 e. The Hall–Kier alpha value is -2.14. The Morgan fingerprint density at radius 1 is 1.29 bits per heavy atom. The third kappa shape index (κ3) is 2.56. The standard InChI is InChI=1S/C16H21N5/c1-3-9-21-10-8-18-15(21)11-13(17)16-12-6-4-5-7-14(12)20(2)19-16/h4-8,10,13H,3,9,11,17H2,1-2H3. The molecule has 3 aromatic rings. The van der Waals surface area contributed by atoms with E-state index in [0.717, 1.165) is 35.4 Å². The number of nitrogens with two attached hydrogens (primary N) is 1. The zero-order valence-corrected chi connectivity index (χ0v) is 12.5. The number of aromatic nitrogens is 4. The van der Waals surface area contributed by atoms with Crippen LogP contribution in [0, 0.1) is 0 Å². The van der Waals surface area contributed by atoms with Crippen molar-refractivity contribution in [2.24, 2.45) is 12.8 Å². The number of fused-ring (bicyclic) bond motifs is 1. The molecule has 0 aliphatic heterocycles. The molecule has 0 saturated heterocycles. The van der Waals surface area contributed by atoms with Gasteiger partial charge in [-0.3, -0.25) is 4.68 Å². The van der Waals surface area contributed by atoms with E-state index in [2.05, 4.69) is 33.7 Å². The molecule has 5 nitrogen and oxygen atoms in total. The van der Waals surface area contributed by atoms with Crippen LogP contribution in [0.25, 0.3) is 10.9 Å². The fourth-order valence-electron chi connectivity index (χ4n) is 2.78. The predicted molar refractivity (Wildman–Crippen MR) is 83.9 cm³/mol. The van der Waals surface area contributed by atoms with Crippen LogP contribution in [0.4, 0.5) is 0 Å². The molecule has 2 heterocycles. The van der Waals surface area contributed by atoms with Crippen LogP contribution in [0.3, 0.4) is 0 Å². The second-order valence-electron chi connectivity index (χ2n) is 5.37. The number of rotatable bonds is 5. The van der Waals surface area contributed by atoms with Gasteiger partial charge in [-0.2, -0.15) is 5.10 Å². The maximum Gasteiger partial charge on any atom is 0.110 e. The summed E-state index contributed by atoms with van der Waals surface area (Å²) in [5.41, 5.74) is 8.46. The number of hydrogen-bond acceptors (Lipinski definition) is 3. The summed E-state index contributed by atoms with van der Waals surface area (Å²) in [5.74, 6) is 1.03. The molecule has 21 heavy (non-hydrogen) atoms. The van der Waals surface area contributed by atoms with Crippen molar-refractivity contribution in [3.05, 3.63) is 48.2 Å². The van der Waals surface area contributed by atoms with Crippen molar-refractivity contribution in [1.29, 1.82) is 0 Å². The van der Waals surface area contributed by atoms with Crippen LogP contribution in [-0.2, 0) is 20.0 Å². The highest BCUT2D eigenvalue weighted by Gasteiger charge is 2.17. The van der Waals surface area contributed by atoms with E-state index in [1.165, 1.54) is 0 Å². The topological polar surface area (TPSA) is 61.7 Å². The van der Waals surface area contributed by atoms with Crippen molar-refractivity contribution in [2.45, 2.75) is 32.4 Å². The normalized spacial score (nSPS) is 12.9. The van der Waals surface area contributed by atoms with E-state index >= 15 is 0 Å². The average Bonchev–Trinajstić information content (AvgIpc) is 3.05. The summed E-state index contributed by atoms with van der Waals surface area (Å²) in [4.78, 5) is 4.44. The molecule has 5 heteroatoms. The Morgan fingerprint density at radius 3 is 2.90 bits per heavy atom. The molecule has 0 bridgehead atoms. The summed E-state index contributed by atoms with van der Waals surface area (Å²) < 4.78 is 4.06. The summed E-state index contributed by atoms with van der Waals surface area (Å²) in [7, 11) is 1.95. The van der Waals surface area contributed by atoms with Gasteiger partial charge in [0.05, 0.1) is 17.3 Å². The fourth-order valence-corrected chi connectivity index (χ4v) is 2.78. The van der Waals surface area contributed by atoms with Gasteiger partial charge in [0.15, 0.2) is 0 Å². The van der Waals surface area contributed by atoms with Crippen molar-refractivity contribution in [3.8, 4) is 0 Å². The molecule has 1 aromatic carbocycles. The molecule has 0 aliphatic rings. The molecule has 0 aliphatic carbocycles. The van der Waals surface area contributed by atoms with Gasteiger partial charge in [-0.05, 0) is 12.5 Å². The maximum atomic E-state index is 6.40. The lowest BCUT2D eigenvalue weighted by Gasteiger charge is -2.11. The molecule has 2 N–H and O–H groups in total. The van der Waals surface area contributed by atoms with Gasteiger partial charge in [-0.15, -0.1) is 0 Å². The second-order valence-corrected chi connectivity index (χ2v) is 5.37. The molecule has 3 rings (SSSR count). The number of para-hydroxylation sites is 1. The van der Waals surface area contributed by atoms with Gasteiger partial charge in [-0.25, -0.2) is 4.98 Å². The first kappa shape index (κ1) is 13.8. The van der Waals surface area contributed by atoms with Crippen molar-refractivity contribution >= 4 is 10.9 Å². The third-order valence-electron chi connectivity index (χ3n) is 3.81. The molecule has 0 spiro atoms. The smallest absolute Gasteiger partial charge is 0.110 e. The first-order valence-corrected chi connectivity index (χ1v) is 7.38. The maximum absolute atomic E-state index is 6.40. The predicted octanol–water partition coefficient (Wildman–Crippen LogP) is 2.42. The minimum absolute atomic E-state index is 0.144. The molecular weight excluding hydrogens is 262 g/mol. The molecule has 0 amide bonds. The van der Waals surface area contributed by atoms with Gasteiger partial charge >= 0.3 is 0 Å². The number of hydrogen-bond donors (Lipinski definition) is 1. The van der Waals surface area contributed by atoms with Gasteiger partial charge in [-0.1, -0.05) is 25.1 Å². The molecule has 110 valence electrons. The van der Waals surface area contributed by atoms with Gasteiger partial charge in [0.1, 0.15) is 5.82 Å². The van der Waals surface area contributed by atoms with E-state index in [1.54, 1.807) is 0 Å². The Balaban J connectivity index is 1.90. The summed E-state index contributed by atoms with van der Waals surface area (Å²) in [6, 6.07) is 8.05. The number of imidazole rings is 1. The van der Waals surface area contributed by atoms with Crippen LogP contribution in [0.15, 0.2) is 36.7 Å². The average molecular weight is 283 g/mol. The molecule has 2 aromatic heterocycles. The lowest BCUT2D eigenvalue weighted by Crippen LogP contribution is -2.17. The molecular formula is C16H21N5. The van der Waals surface area contributed by atoms with E-state index in [0.29, 0.717) is 6.42 Å². The first-order chi connectivity index (χ1) is 10.2. The molecule has 1 unspecified atom stereocenters. The largest absolute Gasteiger partial charge is 0.335 e. The minimum atomic E-state index is -0.144. The van der Waals surface area contributed by atoms with Crippen LogP contribution in [0.1, 0.15) is 30.9 Å².